The third kappa shape index (κ3) is 8.40. The average Bonchev–Trinajstić information content (AvgIpc) is 2.92. The molecule has 2 aliphatic heterocycles. The monoisotopic (exact) mass is 603 g/mol. The number of likely N-dealkylation sites (tertiary alicyclic amines) is 1. The molecule has 0 aromatic heterocycles. The molecule has 0 aliphatic carbocycles. The van der Waals surface area contributed by atoms with E-state index in [9.17, 15) is 31.1 Å². The zero-order valence-corrected chi connectivity index (χ0v) is 22.9. The molecular formula is C28H31F6N3O3S. The first-order valence-corrected chi connectivity index (χ1v) is 14.0. The van der Waals surface area contributed by atoms with Crippen LogP contribution in [0.5, 0.6) is 0 Å². The summed E-state index contributed by atoms with van der Waals surface area (Å²) in [5.41, 5.74) is -4.28. The number of ketones is 1. The number of anilines is 1. The molecule has 2 N–H and O–H groups in total. The predicted octanol–water partition coefficient (Wildman–Crippen LogP) is 5.77. The lowest BCUT2D eigenvalue weighted by atomic mass is 9.96. The SMILES string of the molecule is O=C(C=CN1CCOCC1)c1ccc(Sc2cccc(NC3CCN(CCO)CC3)c2)c(C(F)(F)F)c1C(F)(F)F. The van der Waals surface area contributed by atoms with Gasteiger partial charge in [-0.05, 0) is 43.2 Å². The van der Waals surface area contributed by atoms with E-state index in [2.05, 4.69) is 10.2 Å². The number of benzene rings is 2. The normalized spacial score (nSPS) is 17.8. The van der Waals surface area contributed by atoms with Crippen LogP contribution in [0.4, 0.5) is 32.0 Å². The van der Waals surface area contributed by atoms with Crippen molar-refractivity contribution in [3.63, 3.8) is 0 Å². The van der Waals surface area contributed by atoms with E-state index in [-0.39, 0.29) is 12.6 Å². The minimum Gasteiger partial charge on any atom is -0.395 e. The molecular weight excluding hydrogens is 572 g/mol. The zero-order valence-electron chi connectivity index (χ0n) is 22.1. The number of rotatable bonds is 9. The van der Waals surface area contributed by atoms with Crippen LogP contribution in [0.1, 0.15) is 34.3 Å². The number of β-amino-alcohol motifs (C(OH)–C–C–N with tert-alkyl or cyclic N) is 1. The van der Waals surface area contributed by atoms with Gasteiger partial charge in [0, 0.05) is 72.1 Å². The van der Waals surface area contributed by atoms with Crippen LogP contribution in [0, 0.1) is 0 Å². The van der Waals surface area contributed by atoms with E-state index in [0.717, 1.165) is 44.1 Å². The van der Waals surface area contributed by atoms with Crippen molar-refractivity contribution in [3.8, 4) is 0 Å². The summed E-state index contributed by atoms with van der Waals surface area (Å²) < 4.78 is 90.4. The van der Waals surface area contributed by atoms with E-state index in [1.807, 2.05) is 0 Å². The number of aliphatic hydroxyl groups excluding tert-OH is 1. The summed E-state index contributed by atoms with van der Waals surface area (Å²) >= 11 is 0.564. The highest BCUT2D eigenvalue weighted by molar-refractivity contribution is 7.99. The summed E-state index contributed by atoms with van der Waals surface area (Å²) in [5, 5.41) is 12.4. The molecule has 41 heavy (non-hydrogen) atoms. The predicted molar refractivity (Wildman–Crippen MR) is 143 cm³/mol. The number of aliphatic hydroxyl groups is 1. The Kier molecular flexibility index (Phi) is 10.3. The number of carbonyl (C=O) groups excluding carboxylic acids is 1. The lowest BCUT2D eigenvalue weighted by molar-refractivity contribution is -0.163. The van der Waals surface area contributed by atoms with Crippen molar-refractivity contribution in [2.45, 2.75) is 41.0 Å². The molecule has 0 atom stereocenters. The van der Waals surface area contributed by atoms with Crippen molar-refractivity contribution in [2.24, 2.45) is 0 Å². The Balaban J connectivity index is 1.60. The molecule has 0 radical (unpaired) electrons. The number of nitrogens with one attached hydrogen (secondary N) is 1. The van der Waals surface area contributed by atoms with Gasteiger partial charge in [0.25, 0.3) is 0 Å². The molecule has 0 bridgehead atoms. The van der Waals surface area contributed by atoms with E-state index in [1.165, 1.54) is 12.3 Å². The van der Waals surface area contributed by atoms with E-state index in [1.54, 1.807) is 23.1 Å². The molecule has 224 valence electrons. The molecule has 0 spiro atoms. The molecule has 2 fully saturated rings. The van der Waals surface area contributed by atoms with E-state index in [0.29, 0.717) is 55.2 Å². The molecule has 2 aliphatic rings. The maximum Gasteiger partial charge on any atom is 0.418 e. The Labute approximate surface area is 238 Å². The van der Waals surface area contributed by atoms with Gasteiger partial charge in [-0.25, -0.2) is 0 Å². The summed E-state index contributed by atoms with van der Waals surface area (Å²) in [6.45, 7) is 3.81. The second kappa shape index (κ2) is 13.5. The Morgan fingerprint density at radius 3 is 2.32 bits per heavy atom. The van der Waals surface area contributed by atoms with Gasteiger partial charge in [0.05, 0.1) is 30.9 Å². The fourth-order valence-electron chi connectivity index (χ4n) is 4.89. The molecule has 4 rings (SSSR count). The number of ether oxygens (including phenoxy) is 1. The number of nitrogens with zero attached hydrogens (tertiary/aromatic N) is 2. The van der Waals surface area contributed by atoms with E-state index in [4.69, 9.17) is 9.84 Å². The van der Waals surface area contributed by atoms with E-state index >= 15 is 0 Å². The van der Waals surface area contributed by atoms with Crippen molar-refractivity contribution in [1.29, 1.82) is 0 Å². The Bertz CT molecular complexity index is 1220. The smallest absolute Gasteiger partial charge is 0.395 e. The average molecular weight is 604 g/mol. The first-order valence-electron chi connectivity index (χ1n) is 13.2. The number of halogens is 6. The minimum atomic E-state index is -5.42. The maximum absolute atomic E-state index is 14.2. The lowest BCUT2D eigenvalue weighted by Gasteiger charge is -2.32. The zero-order chi connectivity index (χ0) is 29.6. The number of allylic oxidation sites excluding steroid dienone is 1. The number of hydrogen-bond acceptors (Lipinski definition) is 7. The number of alkyl halides is 6. The van der Waals surface area contributed by atoms with Gasteiger partial charge in [-0.15, -0.1) is 0 Å². The highest BCUT2D eigenvalue weighted by Gasteiger charge is 2.47. The quantitative estimate of drug-likeness (QED) is 0.214. The van der Waals surface area contributed by atoms with Crippen LogP contribution in [0.3, 0.4) is 0 Å². The van der Waals surface area contributed by atoms with Gasteiger partial charge >= 0.3 is 12.4 Å². The van der Waals surface area contributed by atoms with Crippen LogP contribution >= 0.6 is 11.8 Å². The maximum atomic E-state index is 14.2. The van der Waals surface area contributed by atoms with Gasteiger partial charge in [-0.1, -0.05) is 17.8 Å². The van der Waals surface area contributed by atoms with Crippen LogP contribution in [0.15, 0.2) is 58.5 Å². The van der Waals surface area contributed by atoms with Crippen molar-refractivity contribution in [2.75, 3.05) is 57.9 Å². The molecule has 0 saturated carbocycles. The fourth-order valence-corrected chi connectivity index (χ4v) is 5.94. The van der Waals surface area contributed by atoms with Gasteiger partial charge in [-0.3, -0.25) is 4.79 Å². The first-order chi connectivity index (χ1) is 19.5. The third-order valence-electron chi connectivity index (χ3n) is 6.92. The largest absolute Gasteiger partial charge is 0.418 e. The van der Waals surface area contributed by atoms with Gasteiger partial charge < -0.3 is 25.0 Å². The van der Waals surface area contributed by atoms with Gasteiger partial charge in [-0.2, -0.15) is 26.3 Å². The lowest BCUT2D eigenvalue weighted by Crippen LogP contribution is -2.40. The summed E-state index contributed by atoms with van der Waals surface area (Å²) in [6, 6.07) is 8.35. The second-order valence-corrected chi connectivity index (χ2v) is 10.9. The molecule has 2 aromatic carbocycles. The Morgan fingerprint density at radius 2 is 1.68 bits per heavy atom. The molecule has 2 heterocycles. The number of morpholine rings is 1. The topological polar surface area (TPSA) is 65.0 Å². The summed E-state index contributed by atoms with van der Waals surface area (Å²) in [7, 11) is 0. The molecule has 0 amide bonds. The second-order valence-electron chi connectivity index (χ2n) is 9.80. The summed E-state index contributed by atoms with van der Waals surface area (Å²) in [4.78, 5) is 16.2. The van der Waals surface area contributed by atoms with Crippen molar-refractivity contribution >= 4 is 23.2 Å². The van der Waals surface area contributed by atoms with Crippen LogP contribution in [0.2, 0.25) is 0 Å². The standard InChI is InChI=1S/C28H31F6N3O3S/c29-27(30,31)25-22(23(39)8-11-37-13-16-40-17-14-37)4-5-24(26(25)28(32,33)34)41-21-3-1-2-20(18-21)35-19-6-9-36(10-7-19)12-15-38/h1-5,8,11,18-19,35,38H,6-7,9-10,12-17H2. The third-order valence-corrected chi connectivity index (χ3v) is 7.97. The van der Waals surface area contributed by atoms with Crippen molar-refractivity contribution in [1.82, 2.24) is 9.80 Å². The van der Waals surface area contributed by atoms with Gasteiger partial charge in [0.1, 0.15) is 0 Å². The fraction of sp³-hybridized carbons (Fsp3) is 0.464. The van der Waals surface area contributed by atoms with Crippen molar-refractivity contribution in [3.05, 3.63) is 65.4 Å². The van der Waals surface area contributed by atoms with Crippen LogP contribution in [-0.2, 0) is 17.1 Å². The van der Waals surface area contributed by atoms with Gasteiger partial charge in [0.15, 0.2) is 5.78 Å². The molecule has 2 saturated heterocycles. The molecule has 0 unspecified atom stereocenters. The number of carbonyl (C=O) groups is 1. The summed E-state index contributed by atoms with van der Waals surface area (Å²) in [6.07, 6.45) is -7.02. The van der Waals surface area contributed by atoms with Crippen molar-refractivity contribution < 1.29 is 41.0 Å². The van der Waals surface area contributed by atoms with E-state index < -0.39 is 39.7 Å². The van der Waals surface area contributed by atoms with Crippen LogP contribution in [0.25, 0.3) is 0 Å². The minimum absolute atomic E-state index is 0.0770. The highest BCUT2D eigenvalue weighted by Crippen LogP contribution is 2.48. The molecule has 13 heteroatoms. The Hall–Kier alpha value is -2.74. The van der Waals surface area contributed by atoms with Crippen LogP contribution < -0.4 is 5.32 Å². The van der Waals surface area contributed by atoms with Crippen LogP contribution in [-0.4, -0.2) is 79.3 Å². The first kappa shape index (κ1) is 31.2. The molecule has 6 nitrogen and oxygen atoms in total. The summed E-state index contributed by atoms with van der Waals surface area (Å²) in [5.74, 6) is -1.16. The number of hydrogen-bond donors (Lipinski definition) is 2. The van der Waals surface area contributed by atoms with Gasteiger partial charge in [0.2, 0.25) is 0 Å². The highest BCUT2D eigenvalue weighted by atomic mass is 32.2. The Morgan fingerprint density at radius 1 is 1.00 bits per heavy atom. The molecule has 2 aromatic rings. The number of piperidine rings is 1.